The summed E-state index contributed by atoms with van der Waals surface area (Å²) >= 11 is 0. The van der Waals surface area contributed by atoms with E-state index in [4.69, 9.17) is 4.74 Å². The fourth-order valence-corrected chi connectivity index (χ4v) is 3.48. The van der Waals surface area contributed by atoms with Gasteiger partial charge in [-0.15, -0.1) is 5.10 Å². The second kappa shape index (κ2) is 6.97. The molecule has 1 N–H and O–H groups in total. The van der Waals surface area contributed by atoms with Crippen molar-refractivity contribution in [3.05, 3.63) is 42.6 Å². The molecule has 142 valence electrons. The number of hydrogen-bond acceptors (Lipinski definition) is 8. The molecule has 4 aromatic rings. The third-order valence-corrected chi connectivity index (χ3v) is 4.93. The minimum Gasteiger partial charge on any atom is -0.438 e. The lowest BCUT2D eigenvalue weighted by atomic mass is 10.1. The zero-order valence-corrected chi connectivity index (χ0v) is 15.4. The lowest BCUT2D eigenvalue weighted by Crippen LogP contribution is -2.29. The van der Waals surface area contributed by atoms with Crippen molar-refractivity contribution in [3.63, 3.8) is 0 Å². The van der Waals surface area contributed by atoms with E-state index in [2.05, 4.69) is 35.9 Å². The van der Waals surface area contributed by atoms with Crippen LogP contribution in [0.4, 0.5) is 0 Å². The first kappa shape index (κ1) is 16.8. The summed E-state index contributed by atoms with van der Waals surface area (Å²) in [6.07, 6.45) is 5.38. The van der Waals surface area contributed by atoms with Gasteiger partial charge in [0.2, 0.25) is 5.88 Å². The van der Waals surface area contributed by atoms with Gasteiger partial charge in [-0.2, -0.15) is 9.78 Å². The van der Waals surface area contributed by atoms with Crippen LogP contribution in [-0.4, -0.2) is 53.0 Å². The van der Waals surface area contributed by atoms with E-state index in [0.29, 0.717) is 17.7 Å². The van der Waals surface area contributed by atoms with Crippen LogP contribution in [0.15, 0.2) is 36.8 Å². The van der Waals surface area contributed by atoms with E-state index >= 15 is 0 Å². The Morgan fingerprint density at radius 1 is 1.11 bits per heavy atom. The lowest BCUT2D eigenvalue weighted by molar-refractivity contribution is 0.349. The quantitative estimate of drug-likeness (QED) is 0.574. The molecule has 0 aliphatic carbocycles. The lowest BCUT2D eigenvalue weighted by Gasteiger charge is -2.23. The Morgan fingerprint density at radius 3 is 2.68 bits per heavy atom. The van der Waals surface area contributed by atoms with Crippen LogP contribution in [0, 0.1) is 6.92 Å². The van der Waals surface area contributed by atoms with Gasteiger partial charge in [-0.05, 0) is 67.5 Å². The van der Waals surface area contributed by atoms with E-state index in [-0.39, 0.29) is 0 Å². The van der Waals surface area contributed by atoms with Crippen molar-refractivity contribution in [2.45, 2.75) is 25.8 Å². The van der Waals surface area contributed by atoms with Crippen LogP contribution >= 0.6 is 0 Å². The summed E-state index contributed by atoms with van der Waals surface area (Å²) in [6, 6.07) is 7.87. The van der Waals surface area contributed by atoms with Gasteiger partial charge in [0.1, 0.15) is 17.5 Å². The molecular weight excluding hydrogens is 358 g/mol. The Balaban J connectivity index is 1.42. The predicted molar refractivity (Wildman–Crippen MR) is 100 cm³/mol. The van der Waals surface area contributed by atoms with Gasteiger partial charge in [0.05, 0.1) is 17.9 Å². The first-order valence-electron chi connectivity index (χ1n) is 9.22. The first-order valence-corrected chi connectivity index (χ1v) is 9.22. The Hall–Kier alpha value is -3.40. The number of tetrazole rings is 1. The summed E-state index contributed by atoms with van der Waals surface area (Å²) < 4.78 is 9.67. The molecule has 5 rings (SSSR count). The van der Waals surface area contributed by atoms with Crippen molar-refractivity contribution in [3.8, 4) is 17.3 Å². The van der Waals surface area contributed by atoms with Crippen molar-refractivity contribution in [2.75, 3.05) is 13.1 Å². The smallest absolute Gasteiger partial charge is 0.233 e. The normalized spacial score (nSPS) is 15.2. The highest BCUT2D eigenvalue weighted by Gasteiger charge is 2.20. The van der Waals surface area contributed by atoms with Gasteiger partial charge in [-0.25, -0.2) is 14.6 Å². The number of ether oxygens (including phenoxy) is 1. The van der Waals surface area contributed by atoms with E-state index < -0.39 is 0 Å². The zero-order chi connectivity index (χ0) is 18.9. The average molecular weight is 377 g/mol. The Labute approximate surface area is 160 Å². The molecule has 0 atom stereocenters. The highest BCUT2D eigenvalue weighted by molar-refractivity contribution is 5.80. The molecule has 0 amide bonds. The second-order valence-corrected chi connectivity index (χ2v) is 6.72. The molecule has 28 heavy (non-hydrogen) atoms. The van der Waals surface area contributed by atoms with Gasteiger partial charge in [0.25, 0.3) is 0 Å². The monoisotopic (exact) mass is 377 g/mol. The van der Waals surface area contributed by atoms with Crippen molar-refractivity contribution < 1.29 is 4.74 Å². The number of aryl methyl sites for hydroxylation is 1. The van der Waals surface area contributed by atoms with Crippen molar-refractivity contribution >= 4 is 11.0 Å². The summed E-state index contributed by atoms with van der Waals surface area (Å²) in [5.74, 6) is 1.89. The van der Waals surface area contributed by atoms with E-state index in [0.717, 1.165) is 48.5 Å². The second-order valence-electron chi connectivity index (χ2n) is 6.72. The van der Waals surface area contributed by atoms with Gasteiger partial charge >= 0.3 is 0 Å². The minimum absolute atomic E-state index is 0.348. The first-order chi connectivity index (χ1) is 13.8. The molecule has 0 unspecified atom stereocenters. The summed E-state index contributed by atoms with van der Waals surface area (Å²) in [5.41, 5.74) is 1.67. The minimum atomic E-state index is 0.348. The van der Waals surface area contributed by atoms with Gasteiger partial charge in [0.15, 0.2) is 11.5 Å². The van der Waals surface area contributed by atoms with E-state index in [1.54, 1.807) is 10.9 Å². The molecule has 0 radical (unpaired) electrons. The molecule has 1 fully saturated rings. The number of nitrogens with zero attached hydrogens (tertiary/aromatic N) is 8. The Bertz CT molecular complexity index is 1100. The SMILES string of the molecule is Cc1nnnn1-c1ccc(Oc2ncnc3c2cnn3C2CCNCC2)cc1. The topological polar surface area (TPSA) is 108 Å². The largest absolute Gasteiger partial charge is 0.438 e. The molecular formula is C18H19N9O. The summed E-state index contributed by atoms with van der Waals surface area (Å²) in [4.78, 5) is 8.75. The van der Waals surface area contributed by atoms with Crippen LogP contribution in [0.2, 0.25) is 0 Å². The molecule has 0 bridgehead atoms. The molecule has 0 spiro atoms. The number of fused-ring (bicyclic) bond motifs is 1. The molecule has 3 aromatic heterocycles. The predicted octanol–water partition coefficient (Wildman–Crippen LogP) is 1.83. The van der Waals surface area contributed by atoms with Gasteiger partial charge in [0, 0.05) is 0 Å². The highest BCUT2D eigenvalue weighted by atomic mass is 16.5. The standard InChI is InChI=1S/C18H19N9O/c1-12-23-24-25-26(12)13-2-4-15(5-3-13)28-18-16-10-22-27(17(16)20-11-21-18)14-6-8-19-9-7-14/h2-5,10-11,14,19H,6-9H2,1H3. The summed E-state index contributed by atoms with van der Waals surface area (Å²) in [5, 5.41) is 20.3. The third-order valence-electron chi connectivity index (χ3n) is 4.93. The Morgan fingerprint density at radius 2 is 1.93 bits per heavy atom. The van der Waals surface area contributed by atoms with Crippen LogP contribution in [0.3, 0.4) is 0 Å². The van der Waals surface area contributed by atoms with Gasteiger partial charge in [-0.1, -0.05) is 0 Å². The number of hydrogen-bond donors (Lipinski definition) is 1. The van der Waals surface area contributed by atoms with Crippen LogP contribution in [0.1, 0.15) is 24.7 Å². The number of rotatable bonds is 4. The molecule has 1 aliphatic rings. The van der Waals surface area contributed by atoms with E-state index in [9.17, 15) is 0 Å². The van der Waals surface area contributed by atoms with Crippen LogP contribution in [0.5, 0.6) is 11.6 Å². The zero-order valence-electron chi connectivity index (χ0n) is 15.4. The fourth-order valence-electron chi connectivity index (χ4n) is 3.48. The number of piperidine rings is 1. The molecule has 1 aromatic carbocycles. The van der Waals surface area contributed by atoms with Crippen LogP contribution < -0.4 is 10.1 Å². The maximum absolute atomic E-state index is 6.02. The highest BCUT2D eigenvalue weighted by Crippen LogP contribution is 2.29. The van der Waals surface area contributed by atoms with Crippen molar-refractivity contribution in [2.24, 2.45) is 0 Å². The van der Waals surface area contributed by atoms with Crippen LogP contribution in [0.25, 0.3) is 16.7 Å². The van der Waals surface area contributed by atoms with Crippen molar-refractivity contribution in [1.29, 1.82) is 0 Å². The Kier molecular flexibility index (Phi) is 4.17. The molecule has 4 heterocycles. The molecule has 0 saturated carbocycles. The number of nitrogens with one attached hydrogen (secondary N) is 1. The molecule has 10 heteroatoms. The molecule has 1 saturated heterocycles. The maximum atomic E-state index is 6.02. The van der Waals surface area contributed by atoms with Crippen molar-refractivity contribution in [1.82, 2.24) is 45.3 Å². The number of aromatic nitrogens is 8. The van der Waals surface area contributed by atoms with E-state index in [1.807, 2.05) is 35.9 Å². The third kappa shape index (κ3) is 2.97. The summed E-state index contributed by atoms with van der Waals surface area (Å²) in [6.45, 7) is 3.84. The maximum Gasteiger partial charge on any atom is 0.233 e. The fraction of sp³-hybridized carbons (Fsp3) is 0.333. The summed E-state index contributed by atoms with van der Waals surface area (Å²) in [7, 11) is 0. The van der Waals surface area contributed by atoms with Crippen LogP contribution in [-0.2, 0) is 0 Å². The van der Waals surface area contributed by atoms with Gasteiger partial charge < -0.3 is 10.1 Å². The van der Waals surface area contributed by atoms with E-state index in [1.165, 1.54) is 6.33 Å². The molecule has 1 aliphatic heterocycles. The van der Waals surface area contributed by atoms with Gasteiger partial charge in [-0.3, -0.25) is 0 Å². The molecule has 10 nitrogen and oxygen atoms in total. The average Bonchev–Trinajstić information content (AvgIpc) is 3.36. The number of benzene rings is 1.